The minimum absolute atomic E-state index is 0.170. The summed E-state index contributed by atoms with van der Waals surface area (Å²) in [5, 5.41) is 0.332. The third-order valence-corrected chi connectivity index (χ3v) is 4.69. The van der Waals surface area contributed by atoms with E-state index in [1.807, 2.05) is 0 Å². The van der Waals surface area contributed by atoms with Gasteiger partial charge in [-0.3, -0.25) is 9.20 Å². The number of methoxy groups -OCH3 is 1. The van der Waals surface area contributed by atoms with Crippen LogP contribution in [0.1, 0.15) is 10.5 Å². The quantitative estimate of drug-likeness (QED) is 0.477. The molecule has 0 saturated carbocycles. The first-order chi connectivity index (χ1) is 14.0. The number of aromatic nitrogens is 4. The Kier molecular flexibility index (Phi) is 4.85. The molecular weight excluding hydrogens is 397 g/mol. The SMILES string of the molecule is COc1ccc(-c2cnc3cnc(C(=O)N(C)c4ccc(Cl)nc4)cn23)c(F)c1. The topological polar surface area (TPSA) is 72.6 Å². The van der Waals surface area contributed by atoms with Gasteiger partial charge in [0, 0.05) is 24.9 Å². The van der Waals surface area contributed by atoms with E-state index in [2.05, 4.69) is 15.0 Å². The van der Waals surface area contributed by atoms with Crippen molar-refractivity contribution in [3.63, 3.8) is 0 Å². The molecule has 3 aromatic heterocycles. The van der Waals surface area contributed by atoms with Crippen molar-refractivity contribution in [2.45, 2.75) is 0 Å². The van der Waals surface area contributed by atoms with Crippen LogP contribution < -0.4 is 9.64 Å². The fourth-order valence-corrected chi connectivity index (χ4v) is 3.00. The number of carbonyl (C=O) groups is 1. The van der Waals surface area contributed by atoms with Crippen molar-refractivity contribution in [2.24, 2.45) is 0 Å². The maximum Gasteiger partial charge on any atom is 0.278 e. The molecule has 0 aliphatic carbocycles. The molecule has 0 unspecified atom stereocenters. The molecule has 9 heteroatoms. The number of hydrogen-bond acceptors (Lipinski definition) is 5. The van der Waals surface area contributed by atoms with Gasteiger partial charge in [0.05, 0.1) is 37.1 Å². The molecule has 0 N–H and O–H groups in total. The number of amides is 1. The smallest absolute Gasteiger partial charge is 0.278 e. The van der Waals surface area contributed by atoms with Gasteiger partial charge in [0.15, 0.2) is 5.65 Å². The molecule has 1 aromatic carbocycles. The van der Waals surface area contributed by atoms with Gasteiger partial charge in [0.2, 0.25) is 0 Å². The Morgan fingerprint density at radius 2 is 1.97 bits per heavy atom. The van der Waals surface area contributed by atoms with E-state index in [0.717, 1.165) is 0 Å². The molecule has 3 heterocycles. The summed E-state index contributed by atoms with van der Waals surface area (Å²) in [4.78, 5) is 26.7. The van der Waals surface area contributed by atoms with Gasteiger partial charge in [-0.05, 0) is 24.3 Å². The Morgan fingerprint density at radius 3 is 2.66 bits per heavy atom. The van der Waals surface area contributed by atoms with Crippen molar-refractivity contribution in [3.05, 3.63) is 71.8 Å². The largest absolute Gasteiger partial charge is 0.497 e. The fourth-order valence-electron chi connectivity index (χ4n) is 2.88. The van der Waals surface area contributed by atoms with Crippen LogP contribution in [0.3, 0.4) is 0 Å². The Bertz CT molecular complexity index is 1210. The molecule has 29 heavy (non-hydrogen) atoms. The summed E-state index contributed by atoms with van der Waals surface area (Å²) in [7, 11) is 3.08. The van der Waals surface area contributed by atoms with Crippen molar-refractivity contribution in [1.29, 1.82) is 0 Å². The second-order valence-corrected chi connectivity index (χ2v) is 6.58. The van der Waals surface area contributed by atoms with Crippen LogP contribution in [0.25, 0.3) is 16.9 Å². The molecule has 0 bridgehead atoms. The minimum Gasteiger partial charge on any atom is -0.497 e. The van der Waals surface area contributed by atoms with Crippen LogP contribution in [0, 0.1) is 5.82 Å². The van der Waals surface area contributed by atoms with E-state index in [1.165, 1.54) is 42.9 Å². The molecule has 0 atom stereocenters. The second-order valence-electron chi connectivity index (χ2n) is 6.19. The summed E-state index contributed by atoms with van der Waals surface area (Å²) >= 11 is 5.80. The predicted octanol–water partition coefficient (Wildman–Crippen LogP) is 3.87. The first-order valence-corrected chi connectivity index (χ1v) is 8.92. The molecule has 0 saturated heterocycles. The standard InChI is InChI=1S/C20H15ClFN5O2/c1-26(12-3-6-18(21)24-8-12)20(28)16-11-27-17(9-25-19(27)10-23-16)14-5-4-13(29-2)7-15(14)22/h3-11H,1-2H3. The first-order valence-electron chi connectivity index (χ1n) is 8.54. The number of imidazole rings is 1. The zero-order valence-corrected chi connectivity index (χ0v) is 16.3. The highest BCUT2D eigenvalue weighted by molar-refractivity contribution is 6.29. The number of ether oxygens (including phenoxy) is 1. The van der Waals surface area contributed by atoms with Gasteiger partial charge in [-0.25, -0.2) is 19.3 Å². The van der Waals surface area contributed by atoms with E-state index < -0.39 is 5.82 Å². The number of fused-ring (bicyclic) bond motifs is 1. The van der Waals surface area contributed by atoms with Gasteiger partial charge >= 0.3 is 0 Å². The lowest BCUT2D eigenvalue weighted by Crippen LogP contribution is -2.27. The van der Waals surface area contributed by atoms with Crippen molar-refractivity contribution in [1.82, 2.24) is 19.4 Å². The average Bonchev–Trinajstić information content (AvgIpc) is 3.16. The number of hydrogen-bond donors (Lipinski definition) is 0. The van der Waals surface area contributed by atoms with E-state index in [-0.39, 0.29) is 11.6 Å². The Morgan fingerprint density at radius 1 is 1.14 bits per heavy atom. The fraction of sp³-hybridized carbons (Fsp3) is 0.100. The van der Waals surface area contributed by atoms with Gasteiger partial charge in [-0.15, -0.1) is 0 Å². The highest BCUT2D eigenvalue weighted by atomic mass is 35.5. The molecule has 0 fully saturated rings. The van der Waals surface area contributed by atoms with Gasteiger partial charge in [0.1, 0.15) is 22.4 Å². The lowest BCUT2D eigenvalue weighted by molar-refractivity contribution is 0.0987. The third-order valence-electron chi connectivity index (χ3n) is 4.47. The van der Waals surface area contributed by atoms with Gasteiger partial charge in [0.25, 0.3) is 5.91 Å². The summed E-state index contributed by atoms with van der Waals surface area (Å²) in [6, 6.07) is 7.83. The number of nitrogens with zero attached hydrogens (tertiary/aromatic N) is 5. The average molecular weight is 412 g/mol. The van der Waals surface area contributed by atoms with Crippen LogP contribution in [0.2, 0.25) is 5.15 Å². The van der Waals surface area contributed by atoms with Gasteiger partial charge in [-0.1, -0.05) is 11.6 Å². The molecular formula is C20H15ClFN5O2. The zero-order chi connectivity index (χ0) is 20.5. The molecule has 146 valence electrons. The lowest BCUT2D eigenvalue weighted by atomic mass is 10.1. The normalized spacial score (nSPS) is 10.9. The van der Waals surface area contributed by atoms with Gasteiger partial charge < -0.3 is 9.64 Å². The summed E-state index contributed by atoms with van der Waals surface area (Å²) in [5.41, 5.74) is 2.05. The number of halogens is 2. The number of pyridine rings is 1. The van der Waals surface area contributed by atoms with Crippen molar-refractivity contribution in [3.8, 4) is 17.0 Å². The summed E-state index contributed by atoms with van der Waals surface area (Å²) in [5.74, 6) is -0.401. The highest BCUT2D eigenvalue weighted by Gasteiger charge is 2.18. The van der Waals surface area contributed by atoms with Gasteiger partial charge in [-0.2, -0.15) is 0 Å². The van der Waals surface area contributed by atoms with Crippen molar-refractivity contribution < 1.29 is 13.9 Å². The van der Waals surface area contributed by atoms with Crippen LogP contribution in [0.4, 0.5) is 10.1 Å². The number of anilines is 1. The van der Waals surface area contributed by atoms with Crippen LogP contribution in [0.15, 0.2) is 55.1 Å². The van der Waals surface area contributed by atoms with Crippen molar-refractivity contribution >= 4 is 28.8 Å². The summed E-state index contributed by atoms with van der Waals surface area (Å²) in [6.07, 6.45) is 6.02. The maximum atomic E-state index is 14.5. The molecule has 4 rings (SSSR count). The first kappa shape index (κ1) is 18.8. The van der Waals surface area contributed by atoms with E-state index in [0.29, 0.717) is 33.5 Å². The maximum absolute atomic E-state index is 14.5. The third kappa shape index (κ3) is 3.50. The van der Waals surface area contributed by atoms with E-state index in [4.69, 9.17) is 16.3 Å². The van der Waals surface area contributed by atoms with E-state index in [1.54, 1.807) is 35.7 Å². The Hall–Kier alpha value is -3.52. The monoisotopic (exact) mass is 411 g/mol. The Balaban J connectivity index is 1.73. The molecule has 0 spiro atoms. The molecule has 0 aliphatic rings. The Labute approximate surface area is 170 Å². The molecule has 0 aliphatic heterocycles. The second kappa shape index (κ2) is 7.48. The molecule has 4 aromatic rings. The zero-order valence-electron chi connectivity index (χ0n) is 15.5. The van der Waals surface area contributed by atoms with Crippen LogP contribution in [-0.4, -0.2) is 39.4 Å². The number of rotatable bonds is 4. The number of benzene rings is 1. The van der Waals surface area contributed by atoms with E-state index in [9.17, 15) is 9.18 Å². The lowest BCUT2D eigenvalue weighted by Gasteiger charge is -2.16. The number of carbonyl (C=O) groups excluding carboxylic acids is 1. The summed E-state index contributed by atoms with van der Waals surface area (Å²) in [6.45, 7) is 0. The van der Waals surface area contributed by atoms with Crippen molar-refractivity contribution in [2.75, 3.05) is 19.1 Å². The summed E-state index contributed by atoms with van der Waals surface area (Å²) < 4.78 is 21.2. The molecule has 0 radical (unpaired) electrons. The highest BCUT2D eigenvalue weighted by Crippen LogP contribution is 2.27. The minimum atomic E-state index is -0.458. The van der Waals surface area contributed by atoms with Crippen LogP contribution in [0.5, 0.6) is 5.75 Å². The van der Waals surface area contributed by atoms with Crippen LogP contribution >= 0.6 is 11.6 Å². The van der Waals surface area contributed by atoms with E-state index >= 15 is 0 Å². The molecule has 7 nitrogen and oxygen atoms in total. The predicted molar refractivity (Wildman–Crippen MR) is 107 cm³/mol. The van der Waals surface area contributed by atoms with Crippen LogP contribution in [-0.2, 0) is 0 Å². The molecule has 1 amide bonds.